The molecule has 6 nitrogen and oxygen atoms in total. The Morgan fingerprint density at radius 2 is 1.85 bits per heavy atom. The summed E-state index contributed by atoms with van der Waals surface area (Å²) in [6.45, 7) is 0. The fourth-order valence-electron chi connectivity index (χ4n) is 2.18. The molecule has 2 N–H and O–H groups in total. The molecule has 6 heteroatoms. The van der Waals surface area contributed by atoms with Crippen LogP contribution < -0.4 is 16.0 Å². The van der Waals surface area contributed by atoms with Crippen molar-refractivity contribution in [2.24, 2.45) is 0 Å². The van der Waals surface area contributed by atoms with Crippen LogP contribution in [0.25, 0.3) is 22.2 Å². The summed E-state index contributed by atoms with van der Waals surface area (Å²) in [4.78, 5) is 32.1. The van der Waals surface area contributed by atoms with Crippen molar-refractivity contribution < 1.29 is 4.74 Å². The highest BCUT2D eigenvalue weighted by molar-refractivity contribution is 5.93. The second kappa shape index (κ2) is 4.65. The first-order valence-electron chi connectivity index (χ1n) is 5.95. The largest absolute Gasteiger partial charge is 0.496 e. The minimum absolute atomic E-state index is 0.252. The number of methoxy groups -OCH3 is 1. The molecule has 0 aliphatic heterocycles. The molecular weight excluding hydrogens is 258 g/mol. The predicted octanol–water partition coefficient (Wildman–Crippen LogP) is 1.29. The molecule has 20 heavy (non-hydrogen) atoms. The van der Waals surface area contributed by atoms with Gasteiger partial charge in [0.15, 0.2) is 0 Å². The highest BCUT2D eigenvalue weighted by Gasteiger charge is 2.12. The van der Waals surface area contributed by atoms with E-state index in [1.807, 2.05) is 24.3 Å². The number of aromatic amines is 2. The fraction of sp³-hybridized carbons (Fsp3) is 0.0714. The van der Waals surface area contributed by atoms with Gasteiger partial charge in [0.2, 0.25) is 0 Å². The highest BCUT2D eigenvalue weighted by Crippen LogP contribution is 2.31. The van der Waals surface area contributed by atoms with E-state index >= 15 is 0 Å². The van der Waals surface area contributed by atoms with Crippen molar-refractivity contribution >= 4 is 11.0 Å². The average molecular weight is 269 g/mol. The SMILES string of the molecule is COc1ccccc1-c1ccnc2[nH]c(=O)[nH]c(=O)c12. The number of para-hydroxylation sites is 1. The first-order valence-corrected chi connectivity index (χ1v) is 5.95. The summed E-state index contributed by atoms with van der Waals surface area (Å²) in [5.41, 5.74) is 0.622. The lowest BCUT2D eigenvalue weighted by Gasteiger charge is -2.09. The summed E-state index contributed by atoms with van der Waals surface area (Å²) in [5, 5.41) is 0.330. The van der Waals surface area contributed by atoms with Crippen LogP contribution in [0.4, 0.5) is 0 Å². The van der Waals surface area contributed by atoms with E-state index in [2.05, 4.69) is 15.0 Å². The van der Waals surface area contributed by atoms with Crippen LogP contribution in [0.2, 0.25) is 0 Å². The quantitative estimate of drug-likeness (QED) is 0.733. The minimum Gasteiger partial charge on any atom is -0.496 e. The molecule has 2 aromatic heterocycles. The predicted molar refractivity (Wildman–Crippen MR) is 75.0 cm³/mol. The zero-order valence-corrected chi connectivity index (χ0v) is 10.6. The number of rotatable bonds is 2. The zero-order chi connectivity index (χ0) is 14.1. The standard InChI is InChI=1S/C14H11N3O3/c1-20-10-5-3-2-4-8(10)9-6-7-15-12-11(9)13(18)17-14(19)16-12/h2-7H,1H3,(H2,15,16,17,18,19). The maximum Gasteiger partial charge on any atom is 0.327 e. The molecule has 0 radical (unpaired) electrons. The molecule has 0 aliphatic rings. The molecule has 0 atom stereocenters. The molecule has 1 aromatic carbocycles. The highest BCUT2D eigenvalue weighted by atomic mass is 16.5. The summed E-state index contributed by atoms with van der Waals surface area (Å²) in [6, 6.07) is 9.06. The van der Waals surface area contributed by atoms with Crippen LogP contribution in [0, 0.1) is 0 Å². The number of aromatic nitrogens is 3. The summed E-state index contributed by atoms with van der Waals surface area (Å²) in [7, 11) is 1.56. The molecule has 0 amide bonds. The van der Waals surface area contributed by atoms with Gasteiger partial charge in [0, 0.05) is 17.3 Å². The van der Waals surface area contributed by atoms with E-state index in [-0.39, 0.29) is 5.65 Å². The van der Waals surface area contributed by atoms with Gasteiger partial charge in [-0.1, -0.05) is 18.2 Å². The van der Waals surface area contributed by atoms with Crippen LogP contribution in [0.3, 0.4) is 0 Å². The normalized spacial score (nSPS) is 10.7. The maximum atomic E-state index is 12.0. The van der Waals surface area contributed by atoms with Crippen LogP contribution in [-0.2, 0) is 0 Å². The van der Waals surface area contributed by atoms with Crippen molar-refractivity contribution in [3.8, 4) is 16.9 Å². The van der Waals surface area contributed by atoms with Gasteiger partial charge in [-0.05, 0) is 12.1 Å². The van der Waals surface area contributed by atoms with Crippen molar-refractivity contribution in [1.82, 2.24) is 15.0 Å². The Morgan fingerprint density at radius 3 is 2.65 bits per heavy atom. The Bertz CT molecular complexity index is 896. The van der Waals surface area contributed by atoms with E-state index in [4.69, 9.17) is 4.74 Å². The van der Waals surface area contributed by atoms with E-state index in [0.717, 1.165) is 5.56 Å². The Morgan fingerprint density at radius 1 is 1.05 bits per heavy atom. The van der Waals surface area contributed by atoms with Crippen LogP contribution in [0.5, 0.6) is 5.75 Å². The van der Waals surface area contributed by atoms with Gasteiger partial charge in [0.05, 0.1) is 12.5 Å². The van der Waals surface area contributed by atoms with Crippen LogP contribution in [0.1, 0.15) is 0 Å². The molecule has 100 valence electrons. The van der Waals surface area contributed by atoms with E-state index in [0.29, 0.717) is 16.7 Å². The Balaban J connectivity index is 2.43. The fourth-order valence-corrected chi connectivity index (χ4v) is 2.18. The lowest BCUT2D eigenvalue weighted by molar-refractivity contribution is 0.416. The van der Waals surface area contributed by atoms with Gasteiger partial charge in [-0.15, -0.1) is 0 Å². The average Bonchev–Trinajstić information content (AvgIpc) is 2.46. The number of pyridine rings is 1. The molecule has 0 saturated carbocycles. The number of fused-ring (bicyclic) bond motifs is 1. The maximum absolute atomic E-state index is 12.0. The van der Waals surface area contributed by atoms with Gasteiger partial charge in [-0.3, -0.25) is 14.8 Å². The number of hydrogen-bond acceptors (Lipinski definition) is 4. The third-order valence-corrected chi connectivity index (χ3v) is 3.03. The van der Waals surface area contributed by atoms with E-state index in [1.165, 1.54) is 0 Å². The molecule has 3 rings (SSSR count). The summed E-state index contributed by atoms with van der Waals surface area (Å²) in [6.07, 6.45) is 1.54. The molecule has 0 aliphatic carbocycles. The van der Waals surface area contributed by atoms with E-state index in [1.54, 1.807) is 19.4 Å². The van der Waals surface area contributed by atoms with Gasteiger partial charge < -0.3 is 4.74 Å². The first kappa shape index (κ1) is 12.2. The monoisotopic (exact) mass is 269 g/mol. The molecule has 0 bridgehead atoms. The summed E-state index contributed by atoms with van der Waals surface area (Å²) in [5.74, 6) is 0.644. The third kappa shape index (κ3) is 1.87. The molecule has 2 heterocycles. The Labute approximate surface area is 113 Å². The molecule has 0 unspecified atom stereocenters. The Hall–Kier alpha value is -2.89. The van der Waals surface area contributed by atoms with Gasteiger partial charge in [-0.2, -0.15) is 0 Å². The van der Waals surface area contributed by atoms with Crippen molar-refractivity contribution in [3.05, 3.63) is 57.4 Å². The van der Waals surface area contributed by atoms with Crippen molar-refractivity contribution in [1.29, 1.82) is 0 Å². The number of nitrogens with zero attached hydrogens (tertiary/aromatic N) is 1. The van der Waals surface area contributed by atoms with Crippen LogP contribution in [-0.4, -0.2) is 22.1 Å². The molecule has 0 spiro atoms. The number of H-pyrrole nitrogens is 2. The van der Waals surface area contributed by atoms with Crippen LogP contribution in [0.15, 0.2) is 46.1 Å². The van der Waals surface area contributed by atoms with E-state index in [9.17, 15) is 9.59 Å². The Kier molecular flexibility index (Phi) is 2.83. The summed E-state index contributed by atoms with van der Waals surface area (Å²) < 4.78 is 5.31. The number of benzene rings is 1. The van der Waals surface area contributed by atoms with Gasteiger partial charge in [0.25, 0.3) is 5.56 Å². The molecule has 0 fully saturated rings. The second-order valence-corrected chi connectivity index (χ2v) is 4.19. The van der Waals surface area contributed by atoms with Crippen LogP contribution >= 0.6 is 0 Å². The van der Waals surface area contributed by atoms with Crippen molar-refractivity contribution in [3.63, 3.8) is 0 Å². The first-order chi connectivity index (χ1) is 9.70. The number of nitrogens with one attached hydrogen (secondary N) is 2. The van der Waals surface area contributed by atoms with E-state index < -0.39 is 11.2 Å². The zero-order valence-electron chi connectivity index (χ0n) is 10.6. The number of ether oxygens (including phenoxy) is 1. The minimum atomic E-state index is -0.577. The second-order valence-electron chi connectivity index (χ2n) is 4.19. The molecule has 3 aromatic rings. The smallest absolute Gasteiger partial charge is 0.327 e. The third-order valence-electron chi connectivity index (χ3n) is 3.03. The van der Waals surface area contributed by atoms with Gasteiger partial charge in [-0.25, -0.2) is 9.78 Å². The molecular formula is C14H11N3O3. The van der Waals surface area contributed by atoms with Gasteiger partial charge in [0.1, 0.15) is 11.4 Å². The van der Waals surface area contributed by atoms with Gasteiger partial charge >= 0.3 is 5.69 Å². The van der Waals surface area contributed by atoms with Crippen molar-refractivity contribution in [2.45, 2.75) is 0 Å². The summed E-state index contributed by atoms with van der Waals surface area (Å²) >= 11 is 0. The van der Waals surface area contributed by atoms with Crippen molar-refractivity contribution in [2.75, 3.05) is 7.11 Å². The lowest BCUT2D eigenvalue weighted by atomic mass is 10.0. The number of hydrogen-bond donors (Lipinski definition) is 2. The topological polar surface area (TPSA) is 87.8 Å². The lowest BCUT2D eigenvalue weighted by Crippen LogP contribution is -2.22. The molecule has 0 saturated heterocycles.